The number of anilines is 2. The van der Waals surface area contributed by atoms with Gasteiger partial charge in [0.1, 0.15) is 0 Å². The number of para-hydroxylation sites is 2. The molecule has 0 radical (unpaired) electrons. The number of morpholine rings is 1. The highest BCUT2D eigenvalue weighted by Gasteiger charge is 2.24. The zero-order valence-electron chi connectivity index (χ0n) is 17.8. The van der Waals surface area contributed by atoms with Gasteiger partial charge in [-0.2, -0.15) is 0 Å². The van der Waals surface area contributed by atoms with Gasteiger partial charge in [0.2, 0.25) is 0 Å². The third-order valence-electron chi connectivity index (χ3n) is 5.88. The molecule has 2 aromatic rings. The lowest BCUT2D eigenvalue weighted by Gasteiger charge is -2.32. The first-order chi connectivity index (χ1) is 15.2. The lowest BCUT2D eigenvalue weighted by molar-refractivity contribution is -0.136. The fraction of sp³-hybridized carbons (Fsp3) is 0.417. The van der Waals surface area contributed by atoms with Crippen molar-refractivity contribution in [3.05, 3.63) is 60.2 Å². The van der Waals surface area contributed by atoms with E-state index in [-0.39, 0.29) is 6.04 Å². The average molecular weight is 423 g/mol. The van der Waals surface area contributed by atoms with Crippen LogP contribution in [0.4, 0.5) is 11.4 Å². The van der Waals surface area contributed by atoms with Crippen molar-refractivity contribution in [2.75, 3.05) is 49.6 Å². The highest BCUT2D eigenvalue weighted by molar-refractivity contribution is 6.40. The lowest BCUT2D eigenvalue weighted by Crippen LogP contribution is -2.47. The van der Waals surface area contributed by atoms with E-state index in [0.29, 0.717) is 18.9 Å². The van der Waals surface area contributed by atoms with Crippen LogP contribution in [-0.4, -0.2) is 62.1 Å². The molecule has 2 amide bonds. The predicted molar refractivity (Wildman–Crippen MR) is 121 cm³/mol. The molecule has 2 aromatic carbocycles. The Morgan fingerprint density at radius 3 is 2.29 bits per heavy atom. The van der Waals surface area contributed by atoms with Gasteiger partial charge < -0.3 is 20.3 Å². The highest BCUT2D eigenvalue weighted by atomic mass is 16.5. The standard InChI is InChI=1S/C24H30N4O3/c29-23(25-20-10-12-27(13-11-20)18-19-6-2-1-3-7-19)24(30)26-21-8-4-5-9-22(21)28-14-16-31-17-15-28/h1-9,20H,10-18H2,(H,25,29)(H,26,30). The van der Waals surface area contributed by atoms with Crippen LogP contribution in [0.25, 0.3) is 0 Å². The molecule has 0 aliphatic carbocycles. The summed E-state index contributed by atoms with van der Waals surface area (Å²) in [7, 11) is 0. The van der Waals surface area contributed by atoms with Gasteiger partial charge in [-0.3, -0.25) is 14.5 Å². The van der Waals surface area contributed by atoms with E-state index < -0.39 is 11.8 Å². The summed E-state index contributed by atoms with van der Waals surface area (Å²) in [6.07, 6.45) is 1.69. The first-order valence-corrected chi connectivity index (χ1v) is 11.0. The molecule has 2 saturated heterocycles. The number of hydrogen-bond donors (Lipinski definition) is 2. The fourth-order valence-corrected chi connectivity index (χ4v) is 4.17. The number of carbonyl (C=O) groups excluding carboxylic acids is 2. The number of hydrogen-bond acceptors (Lipinski definition) is 5. The average Bonchev–Trinajstić information content (AvgIpc) is 2.82. The molecule has 0 aromatic heterocycles. The minimum atomic E-state index is -0.618. The summed E-state index contributed by atoms with van der Waals surface area (Å²) in [5.74, 6) is -1.19. The summed E-state index contributed by atoms with van der Waals surface area (Å²) >= 11 is 0. The maximum atomic E-state index is 12.5. The maximum Gasteiger partial charge on any atom is 0.313 e. The van der Waals surface area contributed by atoms with E-state index in [0.717, 1.165) is 51.3 Å². The van der Waals surface area contributed by atoms with Crippen molar-refractivity contribution in [1.82, 2.24) is 10.2 Å². The van der Waals surface area contributed by atoms with Crippen molar-refractivity contribution in [3.63, 3.8) is 0 Å². The monoisotopic (exact) mass is 422 g/mol. The van der Waals surface area contributed by atoms with Crippen molar-refractivity contribution in [1.29, 1.82) is 0 Å². The molecular formula is C24H30N4O3. The molecule has 7 heteroatoms. The zero-order valence-corrected chi connectivity index (χ0v) is 17.8. The smallest absolute Gasteiger partial charge is 0.313 e. The summed E-state index contributed by atoms with van der Waals surface area (Å²) < 4.78 is 5.41. The topological polar surface area (TPSA) is 73.9 Å². The number of nitrogens with zero attached hydrogens (tertiary/aromatic N) is 2. The minimum Gasteiger partial charge on any atom is -0.378 e. The molecule has 2 N–H and O–H groups in total. The van der Waals surface area contributed by atoms with E-state index in [1.807, 2.05) is 30.3 Å². The SMILES string of the molecule is O=C(Nc1ccccc1N1CCOCC1)C(=O)NC1CCN(Cc2ccccc2)CC1. The van der Waals surface area contributed by atoms with Gasteiger partial charge in [-0.1, -0.05) is 42.5 Å². The molecule has 0 bridgehead atoms. The second-order valence-corrected chi connectivity index (χ2v) is 8.08. The van der Waals surface area contributed by atoms with Crippen LogP contribution in [0.3, 0.4) is 0 Å². The van der Waals surface area contributed by atoms with Crippen LogP contribution in [-0.2, 0) is 20.9 Å². The second kappa shape index (κ2) is 10.4. The van der Waals surface area contributed by atoms with E-state index in [1.54, 1.807) is 0 Å². The fourth-order valence-electron chi connectivity index (χ4n) is 4.17. The van der Waals surface area contributed by atoms with Crippen LogP contribution in [0.1, 0.15) is 18.4 Å². The largest absolute Gasteiger partial charge is 0.378 e. The van der Waals surface area contributed by atoms with Crippen molar-refractivity contribution in [2.45, 2.75) is 25.4 Å². The molecule has 0 saturated carbocycles. The summed E-state index contributed by atoms with van der Waals surface area (Å²) in [5.41, 5.74) is 2.87. The summed E-state index contributed by atoms with van der Waals surface area (Å²) in [5, 5.41) is 5.71. The first kappa shape index (κ1) is 21.3. The Morgan fingerprint density at radius 1 is 0.871 bits per heavy atom. The first-order valence-electron chi connectivity index (χ1n) is 11.0. The van der Waals surface area contributed by atoms with E-state index in [2.05, 4.69) is 44.7 Å². The van der Waals surface area contributed by atoms with Crippen LogP contribution in [0.5, 0.6) is 0 Å². The number of piperidine rings is 1. The quantitative estimate of drug-likeness (QED) is 0.723. The van der Waals surface area contributed by atoms with E-state index in [4.69, 9.17) is 4.74 Å². The van der Waals surface area contributed by atoms with Gasteiger partial charge in [0, 0.05) is 38.8 Å². The Morgan fingerprint density at radius 2 is 1.55 bits per heavy atom. The number of likely N-dealkylation sites (tertiary alicyclic amines) is 1. The third-order valence-corrected chi connectivity index (χ3v) is 5.88. The van der Waals surface area contributed by atoms with Gasteiger partial charge in [-0.25, -0.2) is 0 Å². The van der Waals surface area contributed by atoms with Gasteiger partial charge in [-0.05, 0) is 30.5 Å². The molecule has 4 rings (SSSR count). The second-order valence-electron chi connectivity index (χ2n) is 8.08. The number of benzene rings is 2. The van der Waals surface area contributed by atoms with Crippen molar-refractivity contribution < 1.29 is 14.3 Å². The molecule has 31 heavy (non-hydrogen) atoms. The van der Waals surface area contributed by atoms with E-state index in [9.17, 15) is 9.59 Å². The predicted octanol–water partition coefficient (Wildman–Crippen LogP) is 2.24. The molecule has 2 aliphatic rings. The molecule has 0 atom stereocenters. The maximum absolute atomic E-state index is 12.5. The van der Waals surface area contributed by atoms with Gasteiger partial charge in [0.25, 0.3) is 0 Å². The Hall–Kier alpha value is -2.90. The van der Waals surface area contributed by atoms with Crippen molar-refractivity contribution in [2.24, 2.45) is 0 Å². The Bertz CT molecular complexity index is 875. The molecule has 7 nitrogen and oxygen atoms in total. The Balaban J connectivity index is 1.27. The zero-order chi connectivity index (χ0) is 21.5. The highest BCUT2D eigenvalue weighted by Crippen LogP contribution is 2.26. The molecule has 0 unspecified atom stereocenters. The summed E-state index contributed by atoms with van der Waals surface area (Å²) in [4.78, 5) is 29.6. The van der Waals surface area contributed by atoms with E-state index in [1.165, 1.54) is 5.56 Å². The minimum absolute atomic E-state index is 0.0276. The number of rotatable bonds is 5. The van der Waals surface area contributed by atoms with Gasteiger partial charge in [0.05, 0.1) is 24.6 Å². The summed E-state index contributed by atoms with van der Waals surface area (Å²) in [6.45, 7) is 5.57. The number of carbonyl (C=O) groups is 2. The Kier molecular flexibility index (Phi) is 7.17. The molecule has 2 heterocycles. The van der Waals surface area contributed by atoms with Crippen LogP contribution < -0.4 is 15.5 Å². The van der Waals surface area contributed by atoms with Crippen LogP contribution >= 0.6 is 0 Å². The molecule has 0 spiro atoms. The number of ether oxygens (including phenoxy) is 1. The molecule has 164 valence electrons. The lowest BCUT2D eigenvalue weighted by atomic mass is 10.0. The summed E-state index contributed by atoms with van der Waals surface area (Å²) in [6, 6.07) is 18.0. The molecule has 2 fully saturated rings. The van der Waals surface area contributed by atoms with Crippen LogP contribution in [0.2, 0.25) is 0 Å². The molecule has 2 aliphatic heterocycles. The van der Waals surface area contributed by atoms with E-state index >= 15 is 0 Å². The van der Waals surface area contributed by atoms with Gasteiger partial charge >= 0.3 is 11.8 Å². The van der Waals surface area contributed by atoms with Gasteiger partial charge in [0.15, 0.2) is 0 Å². The van der Waals surface area contributed by atoms with Crippen LogP contribution in [0.15, 0.2) is 54.6 Å². The Labute approximate surface area is 183 Å². The third kappa shape index (κ3) is 5.83. The van der Waals surface area contributed by atoms with Crippen LogP contribution in [0, 0.1) is 0 Å². The number of amides is 2. The number of nitrogens with one attached hydrogen (secondary N) is 2. The van der Waals surface area contributed by atoms with Gasteiger partial charge in [-0.15, -0.1) is 0 Å². The van der Waals surface area contributed by atoms with Crippen molar-refractivity contribution in [3.8, 4) is 0 Å². The normalized spacial score (nSPS) is 17.9. The molecular weight excluding hydrogens is 392 g/mol. The van der Waals surface area contributed by atoms with Crippen molar-refractivity contribution >= 4 is 23.2 Å².